The molecule has 1 aliphatic rings. The molecule has 0 spiro atoms. The summed E-state index contributed by atoms with van der Waals surface area (Å²) in [5.74, 6) is 0.105. The second kappa shape index (κ2) is 7.30. The van der Waals surface area contributed by atoms with Crippen LogP contribution in [0.1, 0.15) is 34.3 Å². The first-order chi connectivity index (χ1) is 10.8. The number of nitrogens with zero attached hydrogens (tertiary/aromatic N) is 4. The minimum absolute atomic E-state index is 0.105. The van der Waals surface area contributed by atoms with E-state index in [0.717, 1.165) is 56.1 Å². The lowest BCUT2D eigenvalue weighted by atomic mass is 10.2. The van der Waals surface area contributed by atoms with E-state index in [4.69, 9.17) is 0 Å². The zero-order chi connectivity index (χ0) is 15.4. The number of amides is 1. The third kappa shape index (κ3) is 3.53. The van der Waals surface area contributed by atoms with Gasteiger partial charge >= 0.3 is 0 Å². The zero-order valence-electron chi connectivity index (χ0n) is 12.7. The van der Waals surface area contributed by atoms with E-state index in [1.807, 2.05) is 4.90 Å². The third-order valence-corrected chi connectivity index (χ3v) is 5.37. The molecule has 0 atom stereocenters. The Morgan fingerprint density at radius 2 is 2.14 bits per heavy atom. The summed E-state index contributed by atoms with van der Waals surface area (Å²) in [6.45, 7) is 6.50. The van der Waals surface area contributed by atoms with E-state index >= 15 is 0 Å². The lowest BCUT2D eigenvalue weighted by Gasteiger charge is -2.34. The van der Waals surface area contributed by atoms with Gasteiger partial charge in [0.2, 0.25) is 0 Å². The van der Waals surface area contributed by atoms with Crippen molar-refractivity contribution < 1.29 is 4.79 Å². The SMILES string of the molecule is CCCc1nnsc1C(=O)N1CCN(Cc2ccsc2)CC1. The number of carbonyl (C=O) groups excluding carboxylic acids is 1. The van der Waals surface area contributed by atoms with Crippen LogP contribution in [0, 0.1) is 0 Å². The molecule has 118 valence electrons. The van der Waals surface area contributed by atoms with Crippen molar-refractivity contribution in [2.75, 3.05) is 26.2 Å². The zero-order valence-corrected chi connectivity index (χ0v) is 14.3. The molecule has 1 saturated heterocycles. The van der Waals surface area contributed by atoms with Gasteiger partial charge in [0.05, 0.1) is 5.69 Å². The van der Waals surface area contributed by atoms with Crippen LogP contribution in [0.25, 0.3) is 0 Å². The maximum Gasteiger partial charge on any atom is 0.267 e. The van der Waals surface area contributed by atoms with Crippen LogP contribution in [-0.4, -0.2) is 51.5 Å². The van der Waals surface area contributed by atoms with Crippen LogP contribution in [-0.2, 0) is 13.0 Å². The van der Waals surface area contributed by atoms with Crippen LogP contribution in [0.5, 0.6) is 0 Å². The Morgan fingerprint density at radius 1 is 1.32 bits per heavy atom. The smallest absolute Gasteiger partial charge is 0.267 e. The monoisotopic (exact) mass is 336 g/mol. The maximum absolute atomic E-state index is 12.6. The van der Waals surface area contributed by atoms with Crippen molar-refractivity contribution in [1.29, 1.82) is 0 Å². The first kappa shape index (κ1) is 15.6. The maximum atomic E-state index is 12.6. The topological polar surface area (TPSA) is 49.3 Å². The van der Waals surface area contributed by atoms with E-state index in [1.165, 1.54) is 17.1 Å². The van der Waals surface area contributed by atoms with Crippen molar-refractivity contribution >= 4 is 28.8 Å². The second-order valence-corrected chi connectivity index (χ2v) is 7.03. The number of rotatable bonds is 5. The molecular weight excluding hydrogens is 316 g/mol. The Morgan fingerprint density at radius 3 is 2.82 bits per heavy atom. The Balaban J connectivity index is 1.56. The number of piperazine rings is 1. The van der Waals surface area contributed by atoms with E-state index in [1.54, 1.807) is 11.3 Å². The van der Waals surface area contributed by atoms with Gasteiger partial charge in [0.1, 0.15) is 4.88 Å². The van der Waals surface area contributed by atoms with Gasteiger partial charge in [-0.3, -0.25) is 9.69 Å². The van der Waals surface area contributed by atoms with Gasteiger partial charge in [-0.2, -0.15) is 11.3 Å². The fraction of sp³-hybridized carbons (Fsp3) is 0.533. The van der Waals surface area contributed by atoms with Gasteiger partial charge in [0.25, 0.3) is 5.91 Å². The minimum atomic E-state index is 0.105. The molecule has 2 aromatic rings. The molecule has 7 heteroatoms. The number of hydrogen-bond acceptors (Lipinski definition) is 6. The number of hydrogen-bond donors (Lipinski definition) is 0. The number of aromatic nitrogens is 2. The van der Waals surface area contributed by atoms with Crippen molar-refractivity contribution in [1.82, 2.24) is 19.4 Å². The molecule has 0 N–H and O–H groups in total. The quantitative estimate of drug-likeness (QED) is 0.842. The highest BCUT2D eigenvalue weighted by molar-refractivity contribution is 7.08. The summed E-state index contributed by atoms with van der Waals surface area (Å²) in [4.78, 5) is 17.7. The molecule has 1 aliphatic heterocycles. The predicted molar refractivity (Wildman–Crippen MR) is 89.4 cm³/mol. The van der Waals surface area contributed by atoms with Gasteiger partial charge in [-0.25, -0.2) is 0 Å². The highest BCUT2D eigenvalue weighted by atomic mass is 32.1. The summed E-state index contributed by atoms with van der Waals surface area (Å²) < 4.78 is 3.96. The molecule has 0 bridgehead atoms. The number of carbonyl (C=O) groups is 1. The van der Waals surface area contributed by atoms with E-state index in [2.05, 4.69) is 38.2 Å². The van der Waals surface area contributed by atoms with Gasteiger partial charge in [-0.15, -0.1) is 5.10 Å². The van der Waals surface area contributed by atoms with Crippen LogP contribution < -0.4 is 0 Å². The van der Waals surface area contributed by atoms with Gasteiger partial charge in [-0.1, -0.05) is 17.8 Å². The van der Waals surface area contributed by atoms with Crippen molar-refractivity contribution in [3.8, 4) is 0 Å². The lowest BCUT2D eigenvalue weighted by molar-refractivity contribution is 0.0632. The lowest BCUT2D eigenvalue weighted by Crippen LogP contribution is -2.48. The van der Waals surface area contributed by atoms with Crippen molar-refractivity contribution in [3.63, 3.8) is 0 Å². The first-order valence-corrected chi connectivity index (χ1v) is 9.33. The van der Waals surface area contributed by atoms with Gasteiger partial charge in [0, 0.05) is 32.7 Å². The molecule has 1 fully saturated rings. The van der Waals surface area contributed by atoms with Crippen molar-refractivity contribution in [3.05, 3.63) is 33.0 Å². The molecule has 1 amide bonds. The Labute approximate surface area is 138 Å². The molecule has 22 heavy (non-hydrogen) atoms. The van der Waals surface area contributed by atoms with Crippen molar-refractivity contribution in [2.45, 2.75) is 26.3 Å². The largest absolute Gasteiger partial charge is 0.335 e. The van der Waals surface area contributed by atoms with E-state index < -0.39 is 0 Å². The summed E-state index contributed by atoms with van der Waals surface area (Å²) in [6.07, 6.45) is 1.82. The fourth-order valence-electron chi connectivity index (χ4n) is 2.66. The standard InChI is InChI=1S/C15H20N4OS2/c1-2-3-13-14(22-17-16-13)15(20)19-7-5-18(6-8-19)10-12-4-9-21-11-12/h4,9,11H,2-3,5-8,10H2,1H3. The van der Waals surface area contributed by atoms with Crippen molar-refractivity contribution in [2.24, 2.45) is 0 Å². The minimum Gasteiger partial charge on any atom is -0.335 e. The molecule has 0 saturated carbocycles. The van der Waals surface area contributed by atoms with E-state index in [0.29, 0.717) is 0 Å². The Bertz CT molecular complexity index is 603. The number of aryl methyl sites for hydroxylation is 1. The van der Waals surface area contributed by atoms with Gasteiger partial charge < -0.3 is 4.90 Å². The van der Waals surface area contributed by atoms with Gasteiger partial charge in [0.15, 0.2) is 0 Å². The summed E-state index contributed by atoms with van der Waals surface area (Å²) in [6, 6.07) is 2.17. The fourth-order valence-corrected chi connectivity index (χ4v) is 4.00. The van der Waals surface area contributed by atoms with Gasteiger partial charge in [-0.05, 0) is 40.3 Å². The summed E-state index contributed by atoms with van der Waals surface area (Å²) >= 11 is 2.97. The Hall–Kier alpha value is -1.31. The summed E-state index contributed by atoms with van der Waals surface area (Å²) in [7, 11) is 0. The molecule has 0 radical (unpaired) electrons. The van der Waals surface area contributed by atoms with Crippen LogP contribution in [0.4, 0.5) is 0 Å². The molecular formula is C15H20N4OS2. The predicted octanol–water partition coefficient (Wildman–Crippen LogP) is 2.51. The van der Waals surface area contributed by atoms with Crippen LogP contribution in [0.3, 0.4) is 0 Å². The average Bonchev–Trinajstić information content (AvgIpc) is 3.19. The Kier molecular flexibility index (Phi) is 5.17. The van der Waals surface area contributed by atoms with Crippen LogP contribution in [0.2, 0.25) is 0 Å². The van der Waals surface area contributed by atoms with Crippen LogP contribution in [0.15, 0.2) is 16.8 Å². The molecule has 0 unspecified atom stereocenters. The molecule has 0 aromatic carbocycles. The van der Waals surface area contributed by atoms with Crippen LogP contribution >= 0.6 is 22.9 Å². The average molecular weight is 336 g/mol. The third-order valence-electron chi connectivity index (χ3n) is 3.88. The summed E-state index contributed by atoms with van der Waals surface area (Å²) in [5.41, 5.74) is 2.22. The molecule has 5 nitrogen and oxygen atoms in total. The van der Waals surface area contributed by atoms with E-state index in [-0.39, 0.29) is 5.91 Å². The molecule has 0 aliphatic carbocycles. The van der Waals surface area contributed by atoms with E-state index in [9.17, 15) is 4.79 Å². The first-order valence-electron chi connectivity index (χ1n) is 7.62. The molecule has 3 heterocycles. The summed E-state index contributed by atoms with van der Waals surface area (Å²) in [5, 5.41) is 8.40. The highest BCUT2D eigenvalue weighted by Gasteiger charge is 2.25. The molecule has 3 rings (SSSR count). The normalized spacial score (nSPS) is 16.1. The molecule has 2 aromatic heterocycles. The number of thiophene rings is 1. The highest BCUT2D eigenvalue weighted by Crippen LogP contribution is 2.18. The second-order valence-electron chi connectivity index (χ2n) is 5.50.